The Morgan fingerprint density at radius 3 is 2.65 bits per heavy atom. The summed E-state index contributed by atoms with van der Waals surface area (Å²) in [5.74, 6) is -2.11. The van der Waals surface area contributed by atoms with E-state index in [1.807, 2.05) is 0 Å². The Morgan fingerprint density at radius 1 is 1.35 bits per heavy atom. The van der Waals surface area contributed by atoms with Gasteiger partial charge in [-0.15, -0.1) is 0 Å². The third-order valence-corrected chi connectivity index (χ3v) is 3.57. The van der Waals surface area contributed by atoms with E-state index in [2.05, 4.69) is 5.32 Å². The van der Waals surface area contributed by atoms with Crippen LogP contribution in [0, 0.1) is 17.7 Å². The molecule has 1 fully saturated rings. The maximum absolute atomic E-state index is 13.1. The van der Waals surface area contributed by atoms with E-state index in [0.717, 1.165) is 0 Å². The number of benzene rings is 1. The predicted molar refractivity (Wildman–Crippen MR) is 70.0 cm³/mol. The summed E-state index contributed by atoms with van der Waals surface area (Å²) in [6, 6.07) is 3.84. The number of aliphatic carboxylic acids is 1. The number of hydrogen-bond donors (Lipinski definition) is 2. The van der Waals surface area contributed by atoms with Gasteiger partial charge in [-0.3, -0.25) is 9.59 Å². The molecule has 0 spiro atoms. The number of carbonyl (C=O) groups excluding carboxylic acids is 1. The van der Waals surface area contributed by atoms with Crippen molar-refractivity contribution in [3.8, 4) is 5.75 Å². The summed E-state index contributed by atoms with van der Waals surface area (Å²) in [5.41, 5.74) is 0.387. The Balaban J connectivity index is 2.04. The number of amides is 1. The van der Waals surface area contributed by atoms with Gasteiger partial charge in [-0.2, -0.15) is 0 Å². The number of carboxylic acid groups (broad SMARTS) is 1. The van der Waals surface area contributed by atoms with Crippen molar-refractivity contribution in [2.24, 2.45) is 11.8 Å². The van der Waals surface area contributed by atoms with Gasteiger partial charge < -0.3 is 15.2 Å². The number of nitrogens with one attached hydrogen (secondary N) is 1. The zero-order valence-electron chi connectivity index (χ0n) is 11.1. The molecule has 2 rings (SSSR count). The van der Waals surface area contributed by atoms with E-state index in [0.29, 0.717) is 24.9 Å². The largest absolute Gasteiger partial charge is 0.494 e. The molecule has 0 bridgehead atoms. The molecule has 1 saturated carbocycles. The summed E-state index contributed by atoms with van der Waals surface area (Å²) < 4.78 is 18.1. The summed E-state index contributed by atoms with van der Waals surface area (Å²) in [6.45, 7) is 0. The van der Waals surface area contributed by atoms with Gasteiger partial charge in [-0.25, -0.2) is 4.39 Å². The quantitative estimate of drug-likeness (QED) is 0.887. The van der Waals surface area contributed by atoms with Gasteiger partial charge >= 0.3 is 5.97 Å². The molecule has 0 heterocycles. The Hall–Kier alpha value is -2.11. The lowest BCUT2D eigenvalue weighted by Crippen LogP contribution is -2.22. The molecule has 5 nitrogen and oxygen atoms in total. The summed E-state index contributed by atoms with van der Waals surface area (Å²) >= 11 is 0. The van der Waals surface area contributed by atoms with Gasteiger partial charge in [0.25, 0.3) is 0 Å². The lowest BCUT2D eigenvalue weighted by molar-refractivity contribution is -0.141. The molecule has 2 atom stereocenters. The minimum Gasteiger partial charge on any atom is -0.494 e. The van der Waals surface area contributed by atoms with Gasteiger partial charge in [-0.1, -0.05) is 0 Å². The molecule has 0 aliphatic heterocycles. The van der Waals surface area contributed by atoms with Gasteiger partial charge in [0.05, 0.1) is 18.7 Å². The highest BCUT2D eigenvalue weighted by Crippen LogP contribution is 2.33. The molecule has 1 aliphatic rings. The molecule has 20 heavy (non-hydrogen) atoms. The Morgan fingerprint density at radius 2 is 2.05 bits per heavy atom. The standard InChI is InChI=1S/C14H16FNO4/c1-20-12-7-10(15)4-5-11(12)16-13(17)8-2-3-9(6-8)14(18)19/h4-5,7-9H,2-3,6H2,1H3,(H,16,17)(H,18,19). The van der Waals surface area contributed by atoms with Crippen LogP contribution in [-0.2, 0) is 9.59 Å². The van der Waals surface area contributed by atoms with Crippen molar-refractivity contribution >= 4 is 17.6 Å². The molecular weight excluding hydrogens is 265 g/mol. The average molecular weight is 281 g/mol. The first-order valence-corrected chi connectivity index (χ1v) is 6.38. The highest BCUT2D eigenvalue weighted by molar-refractivity contribution is 5.94. The number of hydrogen-bond acceptors (Lipinski definition) is 3. The van der Waals surface area contributed by atoms with Crippen LogP contribution in [0.1, 0.15) is 19.3 Å². The second-order valence-corrected chi connectivity index (χ2v) is 4.88. The van der Waals surface area contributed by atoms with Crippen LogP contribution < -0.4 is 10.1 Å². The summed E-state index contributed by atoms with van der Waals surface area (Å²) in [4.78, 5) is 23.0. The van der Waals surface area contributed by atoms with Crippen molar-refractivity contribution in [1.82, 2.24) is 0 Å². The molecule has 0 radical (unpaired) electrons. The molecule has 1 aromatic rings. The van der Waals surface area contributed by atoms with Crippen LogP contribution >= 0.6 is 0 Å². The summed E-state index contributed by atoms with van der Waals surface area (Å²) in [5, 5.41) is 11.6. The van der Waals surface area contributed by atoms with E-state index >= 15 is 0 Å². The first kappa shape index (κ1) is 14.3. The second-order valence-electron chi connectivity index (χ2n) is 4.88. The average Bonchev–Trinajstić information content (AvgIpc) is 2.90. The third-order valence-electron chi connectivity index (χ3n) is 3.57. The lowest BCUT2D eigenvalue weighted by atomic mass is 10.0. The topological polar surface area (TPSA) is 75.6 Å². The fourth-order valence-electron chi connectivity index (χ4n) is 2.45. The number of methoxy groups -OCH3 is 1. The minimum atomic E-state index is -0.861. The van der Waals surface area contributed by atoms with Crippen LogP contribution in [0.25, 0.3) is 0 Å². The van der Waals surface area contributed by atoms with E-state index < -0.39 is 17.7 Å². The monoisotopic (exact) mass is 281 g/mol. The Kier molecular flexibility index (Phi) is 4.22. The second kappa shape index (κ2) is 5.90. The number of rotatable bonds is 4. The smallest absolute Gasteiger partial charge is 0.306 e. The zero-order chi connectivity index (χ0) is 14.7. The molecule has 1 aliphatic carbocycles. The van der Waals surface area contributed by atoms with Crippen LogP contribution in [0.15, 0.2) is 18.2 Å². The van der Waals surface area contributed by atoms with Crippen LogP contribution in [0.3, 0.4) is 0 Å². The van der Waals surface area contributed by atoms with Crippen molar-refractivity contribution in [2.75, 3.05) is 12.4 Å². The molecule has 6 heteroatoms. The van der Waals surface area contributed by atoms with Crippen LogP contribution in [0.5, 0.6) is 5.75 Å². The number of carbonyl (C=O) groups is 2. The van der Waals surface area contributed by atoms with E-state index in [-0.39, 0.29) is 17.6 Å². The summed E-state index contributed by atoms with van der Waals surface area (Å²) in [6.07, 6.45) is 1.39. The summed E-state index contributed by atoms with van der Waals surface area (Å²) in [7, 11) is 1.39. The van der Waals surface area contributed by atoms with Crippen molar-refractivity contribution in [1.29, 1.82) is 0 Å². The van der Waals surface area contributed by atoms with Crippen LogP contribution in [0.4, 0.5) is 10.1 Å². The maximum Gasteiger partial charge on any atom is 0.306 e. The Labute approximate surface area is 115 Å². The minimum absolute atomic E-state index is 0.242. The molecular formula is C14H16FNO4. The molecule has 2 N–H and O–H groups in total. The number of halogens is 1. The zero-order valence-corrected chi connectivity index (χ0v) is 11.1. The maximum atomic E-state index is 13.1. The van der Waals surface area contributed by atoms with Gasteiger partial charge in [0, 0.05) is 12.0 Å². The molecule has 2 unspecified atom stereocenters. The molecule has 0 aromatic heterocycles. The Bertz CT molecular complexity index is 532. The van der Waals surface area contributed by atoms with Crippen LogP contribution in [-0.4, -0.2) is 24.1 Å². The van der Waals surface area contributed by atoms with E-state index in [1.165, 1.54) is 25.3 Å². The SMILES string of the molecule is COc1cc(F)ccc1NC(=O)C1CCC(C(=O)O)C1. The lowest BCUT2D eigenvalue weighted by Gasteiger charge is -2.13. The first-order valence-electron chi connectivity index (χ1n) is 6.38. The van der Waals surface area contributed by atoms with E-state index in [4.69, 9.17) is 9.84 Å². The molecule has 1 amide bonds. The van der Waals surface area contributed by atoms with Gasteiger partial charge in [-0.05, 0) is 31.4 Å². The highest BCUT2D eigenvalue weighted by Gasteiger charge is 2.34. The van der Waals surface area contributed by atoms with Crippen molar-refractivity contribution in [3.05, 3.63) is 24.0 Å². The van der Waals surface area contributed by atoms with Gasteiger partial charge in [0.15, 0.2) is 0 Å². The molecule has 1 aromatic carbocycles. The van der Waals surface area contributed by atoms with Crippen LogP contribution in [0.2, 0.25) is 0 Å². The highest BCUT2D eigenvalue weighted by atomic mass is 19.1. The molecule has 0 saturated heterocycles. The van der Waals surface area contributed by atoms with Crippen molar-refractivity contribution in [2.45, 2.75) is 19.3 Å². The third kappa shape index (κ3) is 3.07. The van der Waals surface area contributed by atoms with Gasteiger partial charge in [0.1, 0.15) is 11.6 Å². The molecule has 108 valence electrons. The van der Waals surface area contributed by atoms with Gasteiger partial charge in [0.2, 0.25) is 5.91 Å². The number of ether oxygens (including phenoxy) is 1. The fourth-order valence-corrected chi connectivity index (χ4v) is 2.45. The number of carboxylic acids is 1. The normalized spacial score (nSPS) is 21.5. The fraction of sp³-hybridized carbons (Fsp3) is 0.429. The first-order chi connectivity index (χ1) is 9.51. The number of anilines is 1. The van der Waals surface area contributed by atoms with Crippen molar-refractivity contribution < 1.29 is 23.8 Å². The van der Waals surface area contributed by atoms with E-state index in [9.17, 15) is 14.0 Å². The van der Waals surface area contributed by atoms with E-state index in [1.54, 1.807) is 0 Å². The predicted octanol–water partition coefficient (Wildman–Crippen LogP) is 2.27. The van der Waals surface area contributed by atoms with Crippen molar-refractivity contribution in [3.63, 3.8) is 0 Å².